The summed E-state index contributed by atoms with van der Waals surface area (Å²) in [5, 5.41) is 7.18. The lowest BCUT2D eigenvalue weighted by atomic mass is 9.77. The van der Waals surface area contributed by atoms with Gasteiger partial charge in [-0.05, 0) is 84.0 Å². The fraction of sp³-hybridized carbons (Fsp3) is 0.455. The van der Waals surface area contributed by atoms with Crippen LogP contribution in [0.4, 0.5) is 17.1 Å². The number of piperidine rings is 1. The van der Waals surface area contributed by atoms with E-state index in [0.29, 0.717) is 6.04 Å². The highest BCUT2D eigenvalue weighted by atomic mass is 15.2. The normalized spacial score (nSPS) is 20.2. The van der Waals surface area contributed by atoms with Gasteiger partial charge in [-0.2, -0.15) is 0 Å². The minimum atomic E-state index is 0.203. The Morgan fingerprint density at radius 3 is 1.80 bits per heavy atom. The van der Waals surface area contributed by atoms with Crippen LogP contribution in [0.5, 0.6) is 0 Å². The van der Waals surface area contributed by atoms with Gasteiger partial charge in [-0.3, -0.25) is 4.90 Å². The molecule has 1 aliphatic rings. The van der Waals surface area contributed by atoms with Crippen molar-refractivity contribution in [3.63, 3.8) is 0 Å². The van der Waals surface area contributed by atoms with Crippen molar-refractivity contribution in [2.45, 2.75) is 57.7 Å². The quantitative estimate of drug-likeness (QED) is 0.772. The van der Waals surface area contributed by atoms with Crippen molar-refractivity contribution >= 4 is 17.1 Å². The van der Waals surface area contributed by atoms with Crippen molar-refractivity contribution in [1.82, 2.24) is 4.90 Å². The minimum absolute atomic E-state index is 0.203. The lowest BCUT2D eigenvalue weighted by Crippen LogP contribution is -2.61. The molecule has 1 aliphatic heterocycles. The first kappa shape index (κ1) is 17.8. The lowest BCUT2D eigenvalue weighted by molar-refractivity contribution is -0.00767. The summed E-state index contributed by atoms with van der Waals surface area (Å²) in [5.41, 5.74) is 3.82. The van der Waals surface area contributed by atoms with Gasteiger partial charge in [0.15, 0.2) is 0 Å². The highest BCUT2D eigenvalue weighted by Crippen LogP contribution is 2.38. The largest absolute Gasteiger partial charge is 0.382 e. The number of nitrogens with zero attached hydrogens (tertiary/aromatic N) is 1. The van der Waals surface area contributed by atoms with Crippen LogP contribution in [0, 0.1) is 0 Å². The zero-order valence-electron chi connectivity index (χ0n) is 16.1. The molecule has 0 unspecified atom stereocenters. The fourth-order valence-electron chi connectivity index (χ4n) is 4.05. The number of hydrogen-bond acceptors (Lipinski definition) is 3. The second-order valence-electron chi connectivity index (χ2n) is 8.50. The summed E-state index contributed by atoms with van der Waals surface area (Å²) >= 11 is 0. The zero-order valence-corrected chi connectivity index (χ0v) is 16.1. The Morgan fingerprint density at radius 1 is 0.760 bits per heavy atom. The molecule has 0 aromatic heterocycles. The highest BCUT2D eigenvalue weighted by Gasteiger charge is 2.42. The van der Waals surface area contributed by atoms with E-state index in [1.54, 1.807) is 0 Å². The zero-order chi connectivity index (χ0) is 18.1. The van der Waals surface area contributed by atoms with Gasteiger partial charge in [-0.25, -0.2) is 0 Å². The maximum atomic E-state index is 3.75. The van der Waals surface area contributed by atoms with E-state index in [9.17, 15) is 0 Å². The van der Waals surface area contributed by atoms with Gasteiger partial charge in [0, 0.05) is 34.2 Å². The Labute approximate surface area is 152 Å². The van der Waals surface area contributed by atoms with Crippen LogP contribution in [-0.4, -0.2) is 29.1 Å². The first-order valence-electron chi connectivity index (χ1n) is 9.19. The maximum Gasteiger partial charge on any atom is 0.0385 e. The first-order chi connectivity index (χ1) is 11.8. The molecule has 0 spiro atoms. The van der Waals surface area contributed by atoms with Crippen LogP contribution in [-0.2, 0) is 0 Å². The lowest BCUT2D eigenvalue weighted by Gasteiger charge is -2.53. The van der Waals surface area contributed by atoms with Gasteiger partial charge in [-0.15, -0.1) is 0 Å². The topological polar surface area (TPSA) is 27.3 Å². The van der Waals surface area contributed by atoms with Gasteiger partial charge in [0.1, 0.15) is 0 Å². The van der Waals surface area contributed by atoms with E-state index in [2.05, 4.69) is 86.7 Å². The van der Waals surface area contributed by atoms with Gasteiger partial charge < -0.3 is 10.6 Å². The summed E-state index contributed by atoms with van der Waals surface area (Å²) in [4.78, 5) is 2.52. The Morgan fingerprint density at radius 2 is 1.24 bits per heavy atom. The third kappa shape index (κ3) is 4.16. The average Bonchev–Trinajstić information content (AvgIpc) is 2.55. The van der Waals surface area contributed by atoms with Crippen LogP contribution in [0.3, 0.4) is 0 Å². The molecule has 0 aliphatic carbocycles. The SMILES string of the molecule is CN1C(C)(C)CC(Nc2ccc(Nc3ccccc3)cc2)CC1(C)C. The number of likely N-dealkylation sites (tertiary alicyclic amines) is 1. The van der Waals surface area contributed by atoms with Gasteiger partial charge in [0.2, 0.25) is 0 Å². The molecule has 1 fully saturated rings. The molecule has 134 valence electrons. The van der Waals surface area contributed by atoms with Crippen molar-refractivity contribution in [3.05, 3.63) is 54.6 Å². The molecule has 3 heteroatoms. The molecule has 2 aromatic rings. The molecule has 0 radical (unpaired) electrons. The van der Waals surface area contributed by atoms with E-state index in [1.807, 2.05) is 18.2 Å². The van der Waals surface area contributed by atoms with Crippen molar-refractivity contribution < 1.29 is 0 Å². The van der Waals surface area contributed by atoms with Crippen molar-refractivity contribution in [3.8, 4) is 0 Å². The van der Waals surface area contributed by atoms with Crippen molar-refractivity contribution in [2.24, 2.45) is 0 Å². The standard InChI is InChI=1S/C22H31N3/c1-21(2)15-20(16-22(3,4)25(21)5)24-19-13-11-18(12-14-19)23-17-9-7-6-8-10-17/h6-14,20,23-24H,15-16H2,1-5H3. The summed E-state index contributed by atoms with van der Waals surface area (Å²) in [6.07, 6.45) is 2.30. The molecule has 1 saturated heterocycles. The van der Waals surface area contributed by atoms with Gasteiger partial charge in [0.05, 0.1) is 0 Å². The predicted molar refractivity (Wildman–Crippen MR) is 109 cm³/mol. The monoisotopic (exact) mass is 337 g/mol. The van der Waals surface area contributed by atoms with Crippen LogP contribution in [0.2, 0.25) is 0 Å². The number of para-hydroxylation sites is 1. The molecule has 25 heavy (non-hydrogen) atoms. The van der Waals surface area contributed by atoms with E-state index >= 15 is 0 Å². The Balaban J connectivity index is 1.65. The molecule has 0 saturated carbocycles. The van der Waals surface area contributed by atoms with E-state index < -0.39 is 0 Å². The summed E-state index contributed by atoms with van der Waals surface area (Å²) in [6, 6.07) is 19.4. The highest BCUT2D eigenvalue weighted by molar-refractivity contribution is 5.62. The van der Waals surface area contributed by atoms with E-state index in [0.717, 1.165) is 24.2 Å². The first-order valence-corrected chi connectivity index (χ1v) is 9.19. The molecule has 2 N–H and O–H groups in total. The van der Waals surface area contributed by atoms with E-state index in [1.165, 1.54) is 5.69 Å². The number of hydrogen-bond donors (Lipinski definition) is 2. The number of anilines is 3. The van der Waals surface area contributed by atoms with Crippen LogP contribution < -0.4 is 10.6 Å². The molecule has 3 nitrogen and oxygen atoms in total. The Bertz CT molecular complexity index is 671. The summed E-state index contributed by atoms with van der Waals surface area (Å²) < 4.78 is 0. The minimum Gasteiger partial charge on any atom is -0.382 e. The van der Waals surface area contributed by atoms with Crippen molar-refractivity contribution in [2.75, 3.05) is 17.7 Å². The van der Waals surface area contributed by atoms with Gasteiger partial charge >= 0.3 is 0 Å². The molecular weight excluding hydrogens is 306 g/mol. The second-order valence-corrected chi connectivity index (χ2v) is 8.50. The second kappa shape index (κ2) is 6.72. The number of nitrogens with one attached hydrogen (secondary N) is 2. The molecule has 0 atom stereocenters. The molecule has 0 amide bonds. The molecule has 1 heterocycles. The van der Waals surface area contributed by atoms with Crippen LogP contribution >= 0.6 is 0 Å². The summed E-state index contributed by atoms with van der Waals surface area (Å²) in [6.45, 7) is 9.37. The summed E-state index contributed by atoms with van der Waals surface area (Å²) in [5.74, 6) is 0. The summed E-state index contributed by atoms with van der Waals surface area (Å²) in [7, 11) is 2.25. The number of benzene rings is 2. The van der Waals surface area contributed by atoms with Crippen LogP contribution in [0.25, 0.3) is 0 Å². The Kier molecular flexibility index (Phi) is 4.79. The van der Waals surface area contributed by atoms with Crippen LogP contribution in [0.15, 0.2) is 54.6 Å². The third-order valence-electron chi connectivity index (χ3n) is 5.63. The maximum absolute atomic E-state index is 3.75. The molecule has 0 bridgehead atoms. The van der Waals surface area contributed by atoms with Crippen LogP contribution in [0.1, 0.15) is 40.5 Å². The smallest absolute Gasteiger partial charge is 0.0385 e. The predicted octanol–water partition coefficient (Wildman–Crippen LogP) is 5.49. The fourth-order valence-corrected chi connectivity index (χ4v) is 4.05. The molecular formula is C22H31N3. The van der Waals surface area contributed by atoms with E-state index in [-0.39, 0.29) is 11.1 Å². The third-order valence-corrected chi connectivity index (χ3v) is 5.63. The molecule has 3 rings (SSSR count). The molecule has 2 aromatic carbocycles. The van der Waals surface area contributed by atoms with E-state index in [4.69, 9.17) is 0 Å². The van der Waals surface area contributed by atoms with Gasteiger partial charge in [0.25, 0.3) is 0 Å². The number of rotatable bonds is 4. The average molecular weight is 338 g/mol. The Hall–Kier alpha value is -2.00. The van der Waals surface area contributed by atoms with Crippen molar-refractivity contribution in [1.29, 1.82) is 0 Å². The van der Waals surface area contributed by atoms with Gasteiger partial charge in [-0.1, -0.05) is 18.2 Å².